The molecule has 0 spiro atoms. The van der Waals surface area contributed by atoms with Gasteiger partial charge in [0.05, 0.1) is 10.0 Å². The van der Waals surface area contributed by atoms with Gasteiger partial charge >= 0.3 is 5.97 Å². The van der Waals surface area contributed by atoms with E-state index in [1.807, 2.05) is 24.3 Å². The molecule has 0 unspecified atom stereocenters. The van der Waals surface area contributed by atoms with Crippen LogP contribution in [0.15, 0.2) is 42.5 Å². The lowest BCUT2D eigenvalue weighted by atomic mass is 9.78. The van der Waals surface area contributed by atoms with Crippen LogP contribution in [-0.2, 0) is 9.59 Å². The highest BCUT2D eigenvalue weighted by Crippen LogP contribution is 2.36. The molecule has 182 valence electrons. The second-order valence-corrected chi connectivity index (χ2v) is 10.7. The lowest BCUT2D eigenvalue weighted by molar-refractivity contribution is -0.145. The Morgan fingerprint density at radius 3 is 2.09 bits per heavy atom. The SMILES string of the molecule is CC(C)(C)[C@H](NC(=O)[C@H]1CC[C@H](c2ccc(NC(=O)c3ccc(Cl)c(Cl)c3)cc2)CC1)C(=O)O. The topological polar surface area (TPSA) is 95.5 Å². The average molecular weight is 505 g/mol. The van der Waals surface area contributed by atoms with Gasteiger partial charge in [-0.15, -0.1) is 0 Å². The van der Waals surface area contributed by atoms with Crippen LogP contribution in [0.1, 0.15) is 68.3 Å². The van der Waals surface area contributed by atoms with E-state index in [0.717, 1.165) is 18.4 Å². The first-order valence-corrected chi connectivity index (χ1v) is 12.1. The van der Waals surface area contributed by atoms with Crippen LogP contribution < -0.4 is 10.6 Å². The molecule has 2 aromatic carbocycles. The monoisotopic (exact) mass is 504 g/mol. The zero-order chi connectivity index (χ0) is 25.0. The summed E-state index contributed by atoms with van der Waals surface area (Å²) in [6, 6.07) is 11.5. The first kappa shape index (κ1) is 26.0. The first-order valence-electron chi connectivity index (χ1n) is 11.3. The number of carbonyl (C=O) groups is 3. The minimum Gasteiger partial charge on any atom is -0.480 e. The third kappa shape index (κ3) is 6.51. The van der Waals surface area contributed by atoms with E-state index >= 15 is 0 Å². The highest BCUT2D eigenvalue weighted by atomic mass is 35.5. The van der Waals surface area contributed by atoms with Crippen molar-refractivity contribution in [2.24, 2.45) is 11.3 Å². The van der Waals surface area contributed by atoms with Gasteiger partial charge in [-0.25, -0.2) is 4.79 Å². The number of benzene rings is 2. The average Bonchev–Trinajstić information content (AvgIpc) is 2.78. The molecule has 0 aliphatic heterocycles. The van der Waals surface area contributed by atoms with Crippen molar-refractivity contribution < 1.29 is 19.5 Å². The molecule has 2 aromatic rings. The summed E-state index contributed by atoms with van der Waals surface area (Å²) in [5, 5.41) is 15.8. The van der Waals surface area contributed by atoms with E-state index in [4.69, 9.17) is 23.2 Å². The maximum absolute atomic E-state index is 12.7. The molecule has 1 atom stereocenters. The molecule has 1 fully saturated rings. The molecular weight excluding hydrogens is 475 g/mol. The molecule has 3 N–H and O–H groups in total. The van der Waals surface area contributed by atoms with Crippen molar-refractivity contribution in [2.75, 3.05) is 5.32 Å². The Morgan fingerprint density at radius 2 is 1.56 bits per heavy atom. The van der Waals surface area contributed by atoms with Gasteiger partial charge in [-0.3, -0.25) is 9.59 Å². The summed E-state index contributed by atoms with van der Waals surface area (Å²) < 4.78 is 0. The fourth-order valence-corrected chi connectivity index (χ4v) is 4.58. The number of nitrogens with one attached hydrogen (secondary N) is 2. The summed E-state index contributed by atoms with van der Waals surface area (Å²) in [7, 11) is 0. The maximum Gasteiger partial charge on any atom is 0.326 e. The van der Waals surface area contributed by atoms with E-state index in [9.17, 15) is 19.5 Å². The number of carboxylic acids is 1. The zero-order valence-electron chi connectivity index (χ0n) is 19.5. The Kier molecular flexibility index (Phi) is 8.26. The van der Waals surface area contributed by atoms with Crippen molar-refractivity contribution in [3.05, 3.63) is 63.6 Å². The van der Waals surface area contributed by atoms with Crippen LogP contribution in [0.25, 0.3) is 0 Å². The molecule has 0 bridgehead atoms. The van der Waals surface area contributed by atoms with Gasteiger partial charge < -0.3 is 15.7 Å². The van der Waals surface area contributed by atoms with Gasteiger partial charge in [0.15, 0.2) is 0 Å². The normalized spacial score (nSPS) is 19.2. The first-order chi connectivity index (χ1) is 16.0. The van der Waals surface area contributed by atoms with Crippen molar-refractivity contribution in [3.8, 4) is 0 Å². The van der Waals surface area contributed by atoms with Gasteiger partial charge in [-0.1, -0.05) is 56.1 Å². The Bertz CT molecular complexity index is 1060. The van der Waals surface area contributed by atoms with Crippen LogP contribution in [0.2, 0.25) is 10.0 Å². The van der Waals surface area contributed by atoms with Crippen LogP contribution in [0.4, 0.5) is 5.69 Å². The van der Waals surface area contributed by atoms with Crippen molar-refractivity contribution in [2.45, 2.75) is 58.4 Å². The number of carbonyl (C=O) groups excluding carboxylic acids is 2. The lowest BCUT2D eigenvalue weighted by Crippen LogP contribution is -2.51. The van der Waals surface area contributed by atoms with Crippen LogP contribution >= 0.6 is 23.2 Å². The van der Waals surface area contributed by atoms with Crippen LogP contribution in [0, 0.1) is 11.3 Å². The molecule has 34 heavy (non-hydrogen) atoms. The fourth-order valence-electron chi connectivity index (χ4n) is 4.28. The number of rotatable bonds is 6. The largest absolute Gasteiger partial charge is 0.480 e. The predicted octanol–water partition coefficient (Wildman–Crippen LogP) is 6.14. The summed E-state index contributed by atoms with van der Waals surface area (Å²) in [5.74, 6) is -1.32. The number of aliphatic carboxylic acids is 1. The summed E-state index contributed by atoms with van der Waals surface area (Å²) in [4.78, 5) is 36.7. The molecular formula is C26H30Cl2N2O4. The molecule has 8 heteroatoms. The van der Waals surface area contributed by atoms with Crippen molar-refractivity contribution in [3.63, 3.8) is 0 Å². The molecule has 3 rings (SSSR count). The van der Waals surface area contributed by atoms with Gasteiger partial charge in [-0.05, 0) is 72.9 Å². The Morgan fingerprint density at radius 1 is 0.941 bits per heavy atom. The molecule has 1 aliphatic carbocycles. The Hall–Kier alpha value is -2.57. The Balaban J connectivity index is 1.54. The molecule has 6 nitrogen and oxygen atoms in total. The summed E-state index contributed by atoms with van der Waals surface area (Å²) in [5.41, 5.74) is 1.70. The Labute approximate surface area is 210 Å². The van der Waals surface area contributed by atoms with Gasteiger partial charge in [0.25, 0.3) is 5.91 Å². The predicted molar refractivity (Wildman–Crippen MR) is 135 cm³/mol. The van der Waals surface area contributed by atoms with E-state index in [-0.39, 0.29) is 17.7 Å². The number of hydrogen-bond donors (Lipinski definition) is 3. The second-order valence-electron chi connectivity index (χ2n) is 9.90. The van der Waals surface area contributed by atoms with Crippen LogP contribution in [-0.4, -0.2) is 28.9 Å². The van der Waals surface area contributed by atoms with Gasteiger partial charge in [0.1, 0.15) is 6.04 Å². The quantitative estimate of drug-likeness (QED) is 0.440. The second kappa shape index (κ2) is 10.8. The van der Waals surface area contributed by atoms with E-state index in [0.29, 0.717) is 40.1 Å². The molecule has 0 saturated heterocycles. The number of amides is 2. The molecule has 1 saturated carbocycles. The van der Waals surface area contributed by atoms with E-state index in [1.54, 1.807) is 32.9 Å². The highest BCUT2D eigenvalue weighted by molar-refractivity contribution is 6.42. The van der Waals surface area contributed by atoms with Crippen LogP contribution in [0.5, 0.6) is 0 Å². The summed E-state index contributed by atoms with van der Waals surface area (Å²) in [6.07, 6.45) is 3.12. The minimum absolute atomic E-state index is 0.176. The maximum atomic E-state index is 12.7. The standard InChI is InChI=1S/C26H30Cl2N2O4/c1-26(2,3)22(25(33)34)30-23(31)17-6-4-15(5-7-17)16-8-11-19(12-9-16)29-24(32)18-10-13-20(27)21(28)14-18/h8-15,17,22H,4-7H2,1-3H3,(H,29,32)(H,30,31)(H,33,34)/t15-,17-,22-/m1/s1. The molecule has 2 amide bonds. The molecule has 0 heterocycles. The smallest absolute Gasteiger partial charge is 0.326 e. The van der Waals surface area contributed by atoms with Crippen molar-refractivity contribution in [1.29, 1.82) is 0 Å². The fraction of sp³-hybridized carbons (Fsp3) is 0.423. The zero-order valence-corrected chi connectivity index (χ0v) is 21.0. The summed E-state index contributed by atoms with van der Waals surface area (Å²) in [6.45, 7) is 5.42. The van der Waals surface area contributed by atoms with Crippen LogP contribution in [0.3, 0.4) is 0 Å². The molecule has 0 radical (unpaired) electrons. The van der Waals surface area contributed by atoms with Crippen molar-refractivity contribution >= 4 is 46.7 Å². The number of hydrogen-bond acceptors (Lipinski definition) is 3. The third-order valence-corrected chi connectivity index (χ3v) is 7.06. The lowest BCUT2D eigenvalue weighted by Gasteiger charge is -2.32. The van der Waals surface area contributed by atoms with E-state index < -0.39 is 17.4 Å². The molecule has 0 aromatic heterocycles. The molecule has 1 aliphatic rings. The van der Waals surface area contributed by atoms with Gasteiger partial charge in [0.2, 0.25) is 5.91 Å². The number of halogens is 2. The third-order valence-electron chi connectivity index (χ3n) is 6.32. The van der Waals surface area contributed by atoms with Crippen molar-refractivity contribution in [1.82, 2.24) is 5.32 Å². The minimum atomic E-state index is -1.01. The van der Waals surface area contributed by atoms with Gasteiger partial charge in [0, 0.05) is 17.2 Å². The number of carboxylic acid groups (broad SMARTS) is 1. The van der Waals surface area contributed by atoms with E-state index in [2.05, 4.69) is 10.6 Å². The van der Waals surface area contributed by atoms with E-state index in [1.165, 1.54) is 6.07 Å². The highest BCUT2D eigenvalue weighted by Gasteiger charge is 2.35. The summed E-state index contributed by atoms with van der Waals surface area (Å²) >= 11 is 11.9. The number of anilines is 1. The van der Waals surface area contributed by atoms with Gasteiger partial charge in [-0.2, -0.15) is 0 Å².